The average Bonchev–Trinajstić information content (AvgIpc) is 2.73. The van der Waals surface area contributed by atoms with Crippen molar-refractivity contribution in [3.8, 4) is 11.5 Å². The van der Waals surface area contributed by atoms with Crippen molar-refractivity contribution in [3.63, 3.8) is 0 Å². The van der Waals surface area contributed by atoms with Crippen molar-refractivity contribution in [2.24, 2.45) is 5.92 Å². The van der Waals surface area contributed by atoms with Crippen LogP contribution in [-0.4, -0.2) is 29.0 Å². The van der Waals surface area contributed by atoms with Crippen LogP contribution in [0.25, 0.3) is 0 Å². The van der Waals surface area contributed by atoms with E-state index in [9.17, 15) is 9.36 Å². The third-order valence-corrected chi connectivity index (χ3v) is 3.46. The summed E-state index contributed by atoms with van der Waals surface area (Å²) in [4.78, 5) is 28.4. The Kier molecular flexibility index (Phi) is 3.71. The molecule has 7 heteroatoms. The second kappa shape index (κ2) is 5.10. The van der Waals surface area contributed by atoms with Gasteiger partial charge < -0.3 is 19.3 Å². The highest BCUT2D eigenvalue weighted by molar-refractivity contribution is 7.51. The Morgan fingerprint density at radius 3 is 2.72 bits per heavy atom. The normalized spacial score (nSPS) is 15.4. The number of benzene rings is 1. The van der Waals surface area contributed by atoms with Gasteiger partial charge in [0.05, 0.1) is 6.16 Å². The smallest absolute Gasteiger partial charge is 0.326 e. The van der Waals surface area contributed by atoms with E-state index in [-0.39, 0.29) is 13.2 Å². The van der Waals surface area contributed by atoms with Crippen LogP contribution in [0, 0.1) is 5.92 Å². The van der Waals surface area contributed by atoms with E-state index >= 15 is 0 Å². The predicted molar refractivity (Wildman–Crippen MR) is 62.4 cm³/mol. The van der Waals surface area contributed by atoms with Gasteiger partial charge in [-0.2, -0.15) is 0 Å². The van der Waals surface area contributed by atoms with Crippen molar-refractivity contribution < 1.29 is 28.6 Å². The van der Waals surface area contributed by atoms with Crippen LogP contribution in [0.3, 0.4) is 0 Å². The topological polar surface area (TPSA) is 93.1 Å². The molecule has 0 saturated carbocycles. The molecule has 1 radical (unpaired) electrons. The van der Waals surface area contributed by atoms with E-state index in [4.69, 9.17) is 19.3 Å². The van der Waals surface area contributed by atoms with Gasteiger partial charge in [-0.1, -0.05) is 6.07 Å². The molecule has 1 heterocycles. The quantitative estimate of drug-likeness (QED) is 0.771. The summed E-state index contributed by atoms with van der Waals surface area (Å²) in [6.45, 7) is 0.157. The van der Waals surface area contributed by atoms with E-state index in [1.807, 2.05) is 0 Å². The molecule has 1 aliphatic rings. The van der Waals surface area contributed by atoms with Crippen LogP contribution < -0.4 is 9.47 Å². The maximum absolute atomic E-state index is 10.8. The van der Waals surface area contributed by atoms with Crippen LogP contribution >= 0.6 is 7.60 Å². The standard InChI is InChI=1S/C11H12O6P/c12-5-9(6-18(13,14)15)3-8-1-2-10-11(4-8)17-7-16-10/h1-2,4,9H,3,6-7H2,(H2,13,14,15). The van der Waals surface area contributed by atoms with Crippen molar-refractivity contribution in [1.82, 2.24) is 0 Å². The Hall–Kier alpha value is -1.36. The number of fused-ring (bicyclic) bond motifs is 1. The zero-order valence-electron chi connectivity index (χ0n) is 9.41. The van der Waals surface area contributed by atoms with E-state index in [0.29, 0.717) is 11.5 Å². The minimum absolute atomic E-state index is 0.157. The molecule has 2 N–H and O–H groups in total. The second-order valence-corrected chi connectivity index (χ2v) is 5.75. The third kappa shape index (κ3) is 3.32. The lowest BCUT2D eigenvalue weighted by Crippen LogP contribution is -2.11. The van der Waals surface area contributed by atoms with Crippen LogP contribution in [0.5, 0.6) is 11.5 Å². The minimum Gasteiger partial charge on any atom is -0.454 e. The monoisotopic (exact) mass is 271 g/mol. The van der Waals surface area contributed by atoms with E-state index in [2.05, 4.69) is 0 Å². The number of rotatable bonds is 5. The number of carbonyl (C=O) groups excluding carboxylic acids is 1. The summed E-state index contributed by atoms with van der Waals surface area (Å²) in [6, 6.07) is 5.14. The summed E-state index contributed by atoms with van der Waals surface area (Å²) >= 11 is 0. The van der Waals surface area contributed by atoms with Gasteiger partial charge in [-0.25, -0.2) is 0 Å². The van der Waals surface area contributed by atoms with Crippen LogP contribution in [0.15, 0.2) is 18.2 Å². The zero-order valence-corrected chi connectivity index (χ0v) is 10.3. The first kappa shape index (κ1) is 13.1. The molecule has 6 nitrogen and oxygen atoms in total. The summed E-state index contributed by atoms with van der Waals surface area (Å²) in [5.41, 5.74) is 0.751. The molecule has 97 valence electrons. The fraction of sp³-hybridized carbons (Fsp3) is 0.364. The van der Waals surface area contributed by atoms with Crippen molar-refractivity contribution in [2.75, 3.05) is 13.0 Å². The molecule has 1 aromatic carbocycles. The Morgan fingerprint density at radius 1 is 1.33 bits per heavy atom. The fourth-order valence-electron chi connectivity index (χ4n) is 1.78. The number of ether oxygens (including phenoxy) is 2. The van der Waals surface area contributed by atoms with Crippen LogP contribution in [0.2, 0.25) is 0 Å². The molecule has 0 aromatic heterocycles. The molecule has 18 heavy (non-hydrogen) atoms. The fourth-order valence-corrected chi connectivity index (χ4v) is 2.56. The van der Waals surface area contributed by atoms with Crippen LogP contribution in [-0.2, 0) is 15.8 Å². The van der Waals surface area contributed by atoms with Gasteiger partial charge in [0.2, 0.25) is 13.1 Å². The SMILES string of the molecule is O=[C]C(Cc1ccc2c(c1)OCO2)CP(=O)(O)O. The second-order valence-electron chi connectivity index (χ2n) is 4.05. The predicted octanol–water partition coefficient (Wildman–Crippen LogP) is 0.861. The highest BCUT2D eigenvalue weighted by atomic mass is 31.2. The highest BCUT2D eigenvalue weighted by Gasteiger charge is 2.23. The van der Waals surface area contributed by atoms with Gasteiger partial charge in [0.1, 0.15) is 0 Å². The van der Waals surface area contributed by atoms with E-state index < -0.39 is 19.7 Å². The van der Waals surface area contributed by atoms with Crippen molar-refractivity contribution in [1.29, 1.82) is 0 Å². The van der Waals surface area contributed by atoms with Gasteiger partial charge in [-0.15, -0.1) is 0 Å². The molecule has 0 amide bonds. The molecule has 1 unspecified atom stereocenters. The average molecular weight is 271 g/mol. The number of hydrogen-bond donors (Lipinski definition) is 2. The summed E-state index contributed by atoms with van der Waals surface area (Å²) in [6.07, 6.45) is 1.38. The molecule has 0 fully saturated rings. The van der Waals surface area contributed by atoms with Gasteiger partial charge in [0.15, 0.2) is 11.5 Å². The molecule has 0 bridgehead atoms. The summed E-state index contributed by atoms with van der Waals surface area (Å²) in [7, 11) is -4.21. The molecular weight excluding hydrogens is 259 g/mol. The first-order chi connectivity index (χ1) is 8.48. The van der Waals surface area contributed by atoms with E-state index in [0.717, 1.165) is 5.56 Å². The molecular formula is C11H12O6P. The van der Waals surface area contributed by atoms with Gasteiger partial charge in [-0.05, 0) is 24.1 Å². The minimum atomic E-state index is -4.21. The zero-order chi connectivity index (χ0) is 13.2. The molecule has 2 rings (SSSR count). The molecule has 0 aliphatic carbocycles. The Labute approximate surface area is 104 Å². The largest absolute Gasteiger partial charge is 0.454 e. The lowest BCUT2D eigenvalue weighted by molar-refractivity contribution is 0.174. The third-order valence-electron chi connectivity index (χ3n) is 2.54. The van der Waals surface area contributed by atoms with Crippen LogP contribution in [0.1, 0.15) is 5.56 Å². The van der Waals surface area contributed by atoms with Gasteiger partial charge >= 0.3 is 7.60 Å². The Balaban J connectivity index is 2.08. The van der Waals surface area contributed by atoms with E-state index in [1.54, 1.807) is 24.5 Å². The highest BCUT2D eigenvalue weighted by Crippen LogP contribution is 2.38. The molecule has 0 saturated heterocycles. The van der Waals surface area contributed by atoms with Gasteiger partial charge in [-0.3, -0.25) is 9.36 Å². The lowest BCUT2D eigenvalue weighted by Gasteiger charge is -2.11. The van der Waals surface area contributed by atoms with Crippen molar-refractivity contribution in [2.45, 2.75) is 6.42 Å². The molecule has 1 aliphatic heterocycles. The first-order valence-electron chi connectivity index (χ1n) is 5.29. The Bertz CT molecular complexity index is 494. The maximum atomic E-state index is 10.8. The summed E-state index contributed by atoms with van der Waals surface area (Å²) in [5.74, 6) is 0.375. The van der Waals surface area contributed by atoms with E-state index in [1.165, 1.54) is 0 Å². The molecule has 1 atom stereocenters. The summed E-state index contributed by atoms with van der Waals surface area (Å²) in [5, 5.41) is 0. The van der Waals surface area contributed by atoms with Crippen LogP contribution in [0.4, 0.5) is 0 Å². The summed E-state index contributed by atoms with van der Waals surface area (Å²) < 4.78 is 21.2. The number of hydrogen-bond acceptors (Lipinski definition) is 4. The van der Waals surface area contributed by atoms with Gasteiger partial charge in [0.25, 0.3) is 0 Å². The Morgan fingerprint density at radius 2 is 2.06 bits per heavy atom. The molecule has 1 aromatic rings. The van der Waals surface area contributed by atoms with Gasteiger partial charge in [0, 0.05) is 5.92 Å². The van der Waals surface area contributed by atoms with Crippen molar-refractivity contribution in [3.05, 3.63) is 23.8 Å². The lowest BCUT2D eigenvalue weighted by atomic mass is 10.0. The molecule has 0 spiro atoms. The van der Waals surface area contributed by atoms with Crippen molar-refractivity contribution >= 4 is 13.9 Å². The maximum Gasteiger partial charge on any atom is 0.326 e. The first-order valence-corrected chi connectivity index (χ1v) is 7.08.